The first-order valence-electron chi connectivity index (χ1n) is 13.0. The van der Waals surface area contributed by atoms with E-state index in [4.69, 9.17) is 0 Å². The van der Waals surface area contributed by atoms with Crippen LogP contribution in [0.5, 0.6) is 0 Å². The zero-order chi connectivity index (χ0) is 28.6. The third kappa shape index (κ3) is 7.66. The van der Waals surface area contributed by atoms with Gasteiger partial charge in [0.2, 0.25) is 11.8 Å². The van der Waals surface area contributed by atoms with Crippen LogP contribution in [0.3, 0.4) is 0 Å². The lowest BCUT2D eigenvalue weighted by Gasteiger charge is -2.32. The first-order valence-corrected chi connectivity index (χ1v) is 14.4. The van der Waals surface area contributed by atoms with E-state index in [-0.39, 0.29) is 17.3 Å². The number of carbonyl (C=O) groups excluding carboxylic acids is 2. The zero-order valence-electron chi connectivity index (χ0n) is 22.9. The van der Waals surface area contributed by atoms with Gasteiger partial charge in [-0.3, -0.25) is 13.9 Å². The highest BCUT2D eigenvalue weighted by atomic mass is 32.2. The van der Waals surface area contributed by atoms with E-state index < -0.39 is 34.3 Å². The van der Waals surface area contributed by atoms with Crippen molar-refractivity contribution in [2.45, 2.75) is 58.0 Å². The van der Waals surface area contributed by atoms with E-state index in [1.165, 1.54) is 29.2 Å². The summed E-state index contributed by atoms with van der Waals surface area (Å²) in [5.74, 6) is -1.32. The van der Waals surface area contributed by atoms with Crippen LogP contribution in [0.4, 0.5) is 10.1 Å². The number of rotatable bonds is 12. The van der Waals surface area contributed by atoms with Gasteiger partial charge in [0.1, 0.15) is 18.4 Å². The molecule has 0 saturated carbocycles. The van der Waals surface area contributed by atoms with Crippen molar-refractivity contribution in [3.05, 3.63) is 95.3 Å². The third-order valence-electron chi connectivity index (χ3n) is 6.65. The van der Waals surface area contributed by atoms with Crippen LogP contribution in [-0.2, 0) is 26.2 Å². The van der Waals surface area contributed by atoms with Crippen LogP contribution < -0.4 is 9.62 Å². The summed E-state index contributed by atoms with van der Waals surface area (Å²) in [6.45, 7) is 7.36. The lowest BCUT2D eigenvalue weighted by Crippen LogP contribution is -2.51. The second-order valence-corrected chi connectivity index (χ2v) is 11.4. The van der Waals surface area contributed by atoms with Gasteiger partial charge in [-0.2, -0.15) is 0 Å². The summed E-state index contributed by atoms with van der Waals surface area (Å²) in [5, 5.41) is 2.84. The molecule has 1 atom stereocenters. The van der Waals surface area contributed by atoms with Gasteiger partial charge in [-0.25, -0.2) is 12.8 Å². The van der Waals surface area contributed by atoms with E-state index in [2.05, 4.69) is 5.32 Å². The molecule has 0 aliphatic heterocycles. The van der Waals surface area contributed by atoms with E-state index in [1.54, 1.807) is 49.4 Å². The average Bonchev–Trinajstić information content (AvgIpc) is 2.93. The predicted molar refractivity (Wildman–Crippen MR) is 151 cm³/mol. The molecule has 0 aliphatic carbocycles. The van der Waals surface area contributed by atoms with E-state index in [9.17, 15) is 22.4 Å². The number of halogens is 1. The van der Waals surface area contributed by atoms with Gasteiger partial charge in [-0.1, -0.05) is 49.7 Å². The Morgan fingerprint density at radius 1 is 0.949 bits per heavy atom. The van der Waals surface area contributed by atoms with Gasteiger partial charge < -0.3 is 10.2 Å². The van der Waals surface area contributed by atoms with E-state index in [0.717, 1.165) is 28.3 Å². The lowest BCUT2D eigenvalue weighted by molar-refractivity contribution is -0.139. The quantitative estimate of drug-likeness (QED) is 0.321. The van der Waals surface area contributed by atoms with Gasteiger partial charge in [-0.05, 0) is 80.3 Å². The molecule has 1 N–H and O–H groups in total. The molecule has 7 nitrogen and oxygen atoms in total. The highest BCUT2D eigenvalue weighted by Gasteiger charge is 2.32. The Hall–Kier alpha value is -3.72. The summed E-state index contributed by atoms with van der Waals surface area (Å²) in [6.07, 6.45) is 1.69. The molecule has 3 aromatic carbocycles. The number of aryl methyl sites for hydroxylation is 2. The molecule has 208 valence electrons. The Morgan fingerprint density at radius 3 is 2.23 bits per heavy atom. The van der Waals surface area contributed by atoms with E-state index >= 15 is 0 Å². The fraction of sp³-hybridized carbons (Fsp3) is 0.333. The van der Waals surface area contributed by atoms with Gasteiger partial charge >= 0.3 is 0 Å². The SMILES string of the molecule is CCCCNC(=O)C(C)N(Cc1ccc(F)cc1)C(=O)CN(c1ccc(C)c(C)c1)S(=O)(=O)c1ccccc1. The van der Waals surface area contributed by atoms with Crippen LogP contribution in [0.15, 0.2) is 77.7 Å². The molecule has 0 aliphatic rings. The van der Waals surface area contributed by atoms with Crippen molar-refractivity contribution in [1.29, 1.82) is 0 Å². The normalized spacial score (nSPS) is 12.0. The topological polar surface area (TPSA) is 86.8 Å². The lowest BCUT2D eigenvalue weighted by atomic mass is 10.1. The van der Waals surface area contributed by atoms with Crippen LogP contribution >= 0.6 is 0 Å². The summed E-state index contributed by atoms with van der Waals surface area (Å²) in [4.78, 5) is 28.2. The average molecular weight is 554 g/mol. The number of hydrogen-bond donors (Lipinski definition) is 1. The summed E-state index contributed by atoms with van der Waals surface area (Å²) in [5.41, 5.74) is 2.82. The van der Waals surface area contributed by atoms with Crippen LogP contribution in [0.25, 0.3) is 0 Å². The molecule has 39 heavy (non-hydrogen) atoms. The molecule has 9 heteroatoms. The van der Waals surface area contributed by atoms with E-state index in [1.807, 2.05) is 26.8 Å². The molecule has 0 aromatic heterocycles. The molecule has 1 unspecified atom stereocenters. The molecule has 0 saturated heterocycles. The maximum Gasteiger partial charge on any atom is 0.264 e. The highest BCUT2D eigenvalue weighted by molar-refractivity contribution is 7.92. The first kappa shape index (κ1) is 29.8. The maximum atomic E-state index is 13.9. The maximum absolute atomic E-state index is 13.9. The number of nitrogens with zero attached hydrogens (tertiary/aromatic N) is 2. The van der Waals surface area contributed by atoms with Crippen LogP contribution in [0, 0.1) is 19.7 Å². The van der Waals surface area contributed by atoms with Gasteiger partial charge in [0.15, 0.2) is 0 Å². The summed E-state index contributed by atoms with van der Waals surface area (Å²) in [6, 6.07) is 17.9. The predicted octanol–water partition coefficient (Wildman–Crippen LogP) is 4.97. The molecule has 0 bridgehead atoms. The Morgan fingerprint density at radius 2 is 1.62 bits per heavy atom. The smallest absolute Gasteiger partial charge is 0.264 e. The van der Waals surface area contributed by atoms with Crippen molar-refractivity contribution in [3.8, 4) is 0 Å². The second-order valence-electron chi connectivity index (χ2n) is 9.56. The molecule has 3 rings (SSSR count). The number of sulfonamides is 1. The minimum atomic E-state index is -4.12. The molecule has 0 radical (unpaired) electrons. The molecule has 2 amide bonds. The fourth-order valence-electron chi connectivity index (χ4n) is 4.03. The number of hydrogen-bond acceptors (Lipinski definition) is 4. The highest BCUT2D eigenvalue weighted by Crippen LogP contribution is 2.26. The number of nitrogens with one attached hydrogen (secondary N) is 1. The monoisotopic (exact) mass is 553 g/mol. The van der Waals surface area contributed by atoms with Crippen molar-refractivity contribution < 1.29 is 22.4 Å². The Labute approximate surface area is 230 Å². The van der Waals surface area contributed by atoms with Crippen molar-refractivity contribution >= 4 is 27.5 Å². The molecular formula is C30H36FN3O4S. The van der Waals surface area contributed by atoms with Gasteiger partial charge in [0.05, 0.1) is 10.6 Å². The van der Waals surface area contributed by atoms with Crippen molar-refractivity contribution in [2.24, 2.45) is 0 Å². The Balaban J connectivity index is 2.00. The van der Waals surface area contributed by atoms with Gasteiger partial charge in [-0.15, -0.1) is 0 Å². The number of anilines is 1. The van der Waals surface area contributed by atoms with Crippen molar-refractivity contribution in [1.82, 2.24) is 10.2 Å². The molecule has 0 heterocycles. The summed E-state index contributed by atoms with van der Waals surface area (Å²) < 4.78 is 42.2. The molecule has 0 spiro atoms. The minimum Gasteiger partial charge on any atom is -0.354 e. The zero-order valence-corrected chi connectivity index (χ0v) is 23.7. The Kier molecular flexibility index (Phi) is 10.2. The number of carbonyl (C=O) groups is 2. The van der Waals surface area contributed by atoms with E-state index in [0.29, 0.717) is 17.8 Å². The van der Waals surface area contributed by atoms with Crippen molar-refractivity contribution in [2.75, 3.05) is 17.4 Å². The summed E-state index contributed by atoms with van der Waals surface area (Å²) in [7, 11) is -4.12. The third-order valence-corrected chi connectivity index (χ3v) is 8.44. The molecule has 0 fully saturated rings. The van der Waals surface area contributed by atoms with Gasteiger partial charge in [0.25, 0.3) is 10.0 Å². The largest absolute Gasteiger partial charge is 0.354 e. The fourth-order valence-corrected chi connectivity index (χ4v) is 5.46. The Bertz CT molecular complexity index is 1380. The van der Waals surface area contributed by atoms with Crippen LogP contribution in [-0.4, -0.2) is 44.3 Å². The van der Waals surface area contributed by atoms with Crippen LogP contribution in [0.2, 0.25) is 0 Å². The number of benzene rings is 3. The summed E-state index contributed by atoms with van der Waals surface area (Å²) >= 11 is 0. The van der Waals surface area contributed by atoms with Crippen LogP contribution in [0.1, 0.15) is 43.4 Å². The standard InChI is InChI=1S/C30H36FN3O4S/c1-5-6-18-32-30(36)24(4)33(20-25-13-15-26(31)16-14-25)29(35)21-34(27-17-12-22(2)23(3)19-27)39(37,38)28-10-8-7-9-11-28/h7-17,19,24H,5-6,18,20-21H2,1-4H3,(H,32,36). The first-order chi connectivity index (χ1) is 18.5. The number of amides is 2. The minimum absolute atomic E-state index is 0.00757. The number of unbranched alkanes of at least 4 members (excludes halogenated alkanes) is 1. The second kappa shape index (κ2) is 13.4. The molecular weight excluding hydrogens is 517 g/mol. The molecule has 3 aromatic rings. The van der Waals surface area contributed by atoms with Crippen molar-refractivity contribution in [3.63, 3.8) is 0 Å². The van der Waals surface area contributed by atoms with Gasteiger partial charge in [0, 0.05) is 13.1 Å².